The molecule has 1 aliphatic heterocycles. The lowest BCUT2D eigenvalue weighted by molar-refractivity contribution is 0.177. The van der Waals surface area contributed by atoms with Crippen molar-refractivity contribution in [2.24, 2.45) is 11.8 Å². The highest BCUT2D eigenvalue weighted by Crippen LogP contribution is 2.35. The second-order valence-electron chi connectivity index (χ2n) is 7.06. The largest absolute Gasteiger partial charge is 0.329 e. The van der Waals surface area contributed by atoms with E-state index in [2.05, 4.69) is 24.1 Å². The molecule has 2 atom stereocenters. The zero-order valence-electron chi connectivity index (χ0n) is 14.8. The van der Waals surface area contributed by atoms with E-state index >= 15 is 0 Å². The predicted molar refractivity (Wildman–Crippen MR) is 99.6 cm³/mol. The van der Waals surface area contributed by atoms with Gasteiger partial charge in [-0.2, -0.15) is 4.39 Å². The van der Waals surface area contributed by atoms with Gasteiger partial charge in [0.25, 0.3) is 0 Å². The second-order valence-corrected chi connectivity index (χ2v) is 7.06. The Hall–Kier alpha value is -2.69. The van der Waals surface area contributed by atoms with E-state index in [0.717, 1.165) is 18.5 Å². The van der Waals surface area contributed by atoms with Gasteiger partial charge in [0.1, 0.15) is 0 Å². The number of rotatable bonds is 3. The van der Waals surface area contributed by atoms with Crippen molar-refractivity contribution < 1.29 is 9.18 Å². The molecule has 1 aromatic carbocycles. The fourth-order valence-electron chi connectivity index (χ4n) is 3.83. The van der Waals surface area contributed by atoms with Crippen molar-refractivity contribution in [3.05, 3.63) is 66.3 Å². The molecule has 0 bridgehead atoms. The molecule has 1 aliphatic carbocycles. The Morgan fingerprint density at radius 3 is 2.77 bits per heavy atom. The number of hydrogen-bond acceptors (Lipinski definition) is 2. The average Bonchev–Trinajstić information content (AvgIpc) is 2.65. The molecule has 134 valence electrons. The molecular formula is C21H22FN3O. The van der Waals surface area contributed by atoms with Crippen LogP contribution < -0.4 is 4.90 Å². The number of amides is 2. The summed E-state index contributed by atoms with van der Waals surface area (Å²) in [5.41, 5.74) is 2.04. The minimum atomic E-state index is -0.514. The van der Waals surface area contributed by atoms with Crippen LogP contribution in [0.1, 0.15) is 25.5 Å². The molecule has 5 heteroatoms. The number of nitrogens with zero attached hydrogens (tertiary/aromatic N) is 3. The molecule has 0 fully saturated rings. The van der Waals surface area contributed by atoms with Gasteiger partial charge in [-0.25, -0.2) is 9.78 Å². The summed E-state index contributed by atoms with van der Waals surface area (Å²) in [4.78, 5) is 20.8. The lowest BCUT2D eigenvalue weighted by Gasteiger charge is -2.39. The number of allylic oxidation sites excluding steroid dienone is 2. The Morgan fingerprint density at radius 2 is 2.00 bits per heavy atom. The summed E-state index contributed by atoms with van der Waals surface area (Å²) < 4.78 is 13.7. The third kappa shape index (κ3) is 3.09. The van der Waals surface area contributed by atoms with E-state index < -0.39 is 5.95 Å². The van der Waals surface area contributed by atoms with Crippen molar-refractivity contribution in [3.8, 4) is 0 Å². The number of anilines is 2. The van der Waals surface area contributed by atoms with Crippen LogP contribution in [0, 0.1) is 17.8 Å². The van der Waals surface area contributed by atoms with E-state index in [1.165, 1.54) is 6.07 Å². The number of fused-ring (bicyclic) bond motifs is 1. The van der Waals surface area contributed by atoms with Crippen LogP contribution in [-0.2, 0) is 6.54 Å². The molecular weight excluding hydrogens is 329 g/mol. The molecule has 4 rings (SSSR count). The van der Waals surface area contributed by atoms with Gasteiger partial charge in [0, 0.05) is 6.54 Å². The summed E-state index contributed by atoms with van der Waals surface area (Å²) in [5, 5.41) is 0. The quantitative estimate of drug-likeness (QED) is 0.583. The summed E-state index contributed by atoms with van der Waals surface area (Å²) >= 11 is 0. The van der Waals surface area contributed by atoms with Crippen molar-refractivity contribution in [2.75, 3.05) is 11.4 Å². The maximum atomic E-state index is 13.7. The first kappa shape index (κ1) is 16.8. The number of benzene rings is 1. The predicted octanol–water partition coefficient (Wildman–Crippen LogP) is 4.90. The van der Waals surface area contributed by atoms with E-state index in [9.17, 15) is 9.18 Å². The van der Waals surface area contributed by atoms with Crippen molar-refractivity contribution >= 4 is 17.4 Å². The molecule has 2 unspecified atom stereocenters. The Labute approximate surface area is 153 Å². The highest BCUT2D eigenvalue weighted by Gasteiger charge is 2.34. The molecule has 0 N–H and O–H groups in total. The average molecular weight is 351 g/mol. The summed E-state index contributed by atoms with van der Waals surface area (Å²) in [7, 11) is 0. The number of halogens is 1. The summed E-state index contributed by atoms with van der Waals surface area (Å²) in [6.45, 7) is 3.20. The van der Waals surface area contributed by atoms with Gasteiger partial charge in [-0.3, -0.25) is 4.90 Å². The van der Waals surface area contributed by atoms with Crippen LogP contribution in [0.25, 0.3) is 0 Å². The minimum absolute atomic E-state index is 0.0705. The molecule has 26 heavy (non-hydrogen) atoms. The van der Waals surface area contributed by atoms with E-state index in [0.29, 0.717) is 36.3 Å². The van der Waals surface area contributed by atoms with E-state index in [1.807, 2.05) is 35.2 Å². The molecule has 0 saturated carbocycles. The Bertz CT molecular complexity index is 836. The lowest BCUT2D eigenvalue weighted by atomic mass is 9.85. The van der Waals surface area contributed by atoms with Crippen molar-refractivity contribution in [2.45, 2.75) is 26.3 Å². The fourth-order valence-corrected chi connectivity index (χ4v) is 3.83. The Morgan fingerprint density at radius 1 is 1.19 bits per heavy atom. The molecule has 2 heterocycles. The summed E-state index contributed by atoms with van der Waals surface area (Å²) in [6.07, 6.45) is 6.55. The number of carbonyl (C=O) groups excluding carboxylic acids is 1. The summed E-state index contributed by atoms with van der Waals surface area (Å²) in [6, 6.07) is 12.4. The van der Waals surface area contributed by atoms with Crippen molar-refractivity contribution in [1.82, 2.24) is 9.88 Å². The SMILES string of the molecule is CC1C=CCCC1CN1Cc2nc(F)ccc2N(c2ccccc2)C1=O. The van der Waals surface area contributed by atoms with Gasteiger partial charge in [-0.05, 0) is 48.9 Å². The smallest absolute Gasteiger partial charge is 0.318 e. The van der Waals surface area contributed by atoms with Gasteiger partial charge >= 0.3 is 6.03 Å². The second kappa shape index (κ2) is 6.90. The van der Waals surface area contributed by atoms with Crippen LogP contribution in [0.4, 0.5) is 20.6 Å². The van der Waals surface area contributed by atoms with Crippen LogP contribution in [-0.4, -0.2) is 22.5 Å². The van der Waals surface area contributed by atoms with E-state index in [1.54, 1.807) is 11.0 Å². The van der Waals surface area contributed by atoms with Crippen LogP contribution in [0.15, 0.2) is 54.6 Å². The lowest BCUT2D eigenvalue weighted by Crippen LogP contribution is -2.47. The minimum Gasteiger partial charge on any atom is -0.318 e. The standard InChI is InChI=1S/C21H22FN3O/c1-15-7-5-6-8-16(15)13-24-14-18-19(11-12-20(22)23-18)25(21(24)26)17-9-3-2-4-10-17/h2-5,7,9-12,15-16H,6,8,13-14H2,1H3. The van der Waals surface area contributed by atoms with Gasteiger partial charge < -0.3 is 4.90 Å². The molecule has 0 spiro atoms. The first-order valence-corrected chi connectivity index (χ1v) is 9.09. The summed E-state index contributed by atoms with van der Waals surface area (Å²) in [5.74, 6) is 0.334. The zero-order chi connectivity index (χ0) is 18.1. The third-order valence-corrected chi connectivity index (χ3v) is 5.32. The maximum absolute atomic E-state index is 13.7. The maximum Gasteiger partial charge on any atom is 0.329 e. The Kier molecular flexibility index (Phi) is 4.45. The van der Waals surface area contributed by atoms with Gasteiger partial charge in [-0.1, -0.05) is 37.3 Å². The van der Waals surface area contributed by atoms with E-state index in [-0.39, 0.29) is 6.03 Å². The van der Waals surface area contributed by atoms with Crippen LogP contribution >= 0.6 is 0 Å². The first-order chi connectivity index (χ1) is 12.6. The van der Waals surface area contributed by atoms with Crippen molar-refractivity contribution in [3.63, 3.8) is 0 Å². The number of urea groups is 1. The fraction of sp³-hybridized carbons (Fsp3) is 0.333. The topological polar surface area (TPSA) is 36.4 Å². The van der Waals surface area contributed by atoms with E-state index in [4.69, 9.17) is 0 Å². The van der Waals surface area contributed by atoms with Gasteiger partial charge in [0.15, 0.2) is 0 Å². The number of aromatic nitrogens is 1. The van der Waals surface area contributed by atoms with Crippen LogP contribution in [0.2, 0.25) is 0 Å². The highest BCUT2D eigenvalue weighted by atomic mass is 19.1. The zero-order valence-corrected chi connectivity index (χ0v) is 14.8. The number of hydrogen-bond donors (Lipinski definition) is 0. The number of para-hydroxylation sites is 1. The van der Waals surface area contributed by atoms with Gasteiger partial charge in [0.05, 0.1) is 23.6 Å². The highest BCUT2D eigenvalue weighted by molar-refractivity contribution is 6.01. The molecule has 0 saturated heterocycles. The van der Waals surface area contributed by atoms with Crippen LogP contribution in [0.3, 0.4) is 0 Å². The van der Waals surface area contributed by atoms with Crippen molar-refractivity contribution in [1.29, 1.82) is 0 Å². The Balaban J connectivity index is 1.70. The monoisotopic (exact) mass is 351 g/mol. The van der Waals surface area contributed by atoms with Gasteiger partial charge in [0.2, 0.25) is 5.95 Å². The van der Waals surface area contributed by atoms with Crippen LogP contribution in [0.5, 0.6) is 0 Å². The molecule has 2 aromatic rings. The number of carbonyl (C=O) groups is 1. The van der Waals surface area contributed by atoms with Gasteiger partial charge in [-0.15, -0.1) is 0 Å². The molecule has 0 radical (unpaired) electrons. The number of pyridine rings is 1. The first-order valence-electron chi connectivity index (χ1n) is 9.09. The third-order valence-electron chi connectivity index (χ3n) is 5.32. The molecule has 2 amide bonds. The molecule has 1 aromatic heterocycles. The molecule has 4 nitrogen and oxygen atoms in total. The molecule has 2 aliphatic rings. The normalized spacial score (nSPS) is 22.5.